The monoisotopic (exact) mass is 484 g/mol. The smallest absolute Gasteiger partial charge is 0.338 e. The molecular formula is C24H21FN2O8. The summed E-state index contributed by atoms with van der Waals surface area (Å²) < 4.78 is 37.0. The van der Waals surface area contributed by atoms with Gasteiger partial charge in [-0.15, -0.1) is 0 Å². The van der Waals surface area contributed by atoms with Gasteiger partial charge in [0.2, 0.25) is 5.82 Å². The molecular weight excluding hydrogens is 463 g/mol. The van der Waals surface area contributed by atoms with E-state index in [0.717, 1.165) is 4.57 Å². The molecule has 11 heteroatoms. The van der Waals surface area contributed by atoms with Gasteiger partial charge in [-0.05, 0) is 24.3 Å². The van der Waals surface area contributed by atoms with E-state index < -0.39 is 53.5 Å². The summed E-state index contributed by atoms with van der Waals surface area (Å²) in [5.74, 6) is -2.58. The SMILES string of the molecule is CO[C@@H]1[C@@H](OC(=O)c2ccccc2)[C@@H](COC(=O)c2ccccc2)O[C@H]1n1cc(F)c(=O)[nH]c1=O. The quantitative estimate of drug-likeness (QED) is 0.502. The molecule has 1 saturated heterocycles. The van der Waals surface area contributed by atoms with Crippen molar-refractivity contribution in [1.82, 2.24) is 9.55 Å². The summed E-state index contributed by atoms with van der Waals surface area (Å²) in [6.07, 6.45) is -3.96. The molecule has 0 saturated carbocycles. The highest BCUT2D eigenvalue weighted by Gasteiger charge is 2.49. The van der Waals surface area contributed by atoms with E-state index in [-0.39, 0.29) is 12.2 Å². The van der Waals surface area contributed by atoms with Crippen molar-refractivity contribution in [2.75, 3.05) is 13.7 Å². The number of ether oxygens (including phenoxy) is 4. The first-order valence-electron chi connectivity index (χ1n) is 10.6. The van der Waals surface area contributed by atoms with Gasteiger partial charge in [-0.1, -0.05) is 36.4 Å². The molecule has 35 heavy (non-hydrogen) atoms. The van der Waals surface area contributed by atoms with Crippen molar-refractivity contribution < 1.29 is 32.9 Å². The Morgan fingerprint density at radius 1 is 0.971 bits per heavy atom. The highest BCUT2D eigenvalue weighted by Crippen LogP contribution is 2.33. The van der Waals surface area contributed by atoms with E-state index in [1.54, 1.807) is 60.7 Å². The van der Waals surface area contributed by atoms with Crippen LogP contribution in [0.25, 0.3) is 0 Å². The zero-order chi connectivity index (χ0) is 24.9. The Hall–Kier alpha value is -4.09. The highest BCUT2D eigenvalue weighted by molar-refractivity contribution is 5.90. The number of benzene rings is 2. The molecule has 4 atom stereocenters. The van der Waals surface area contributed by atoms with Gasteiger partial charge in [0.05, 0.1) is 17.3 Å². The van der Waals surface area contributed by atoms with Crippen LogP contribution in [0.2, 0.25) is 0 Å². The number of hydrogen-bond donors (Lipinski definition) is 1. The first-order chi connectivity index (χ1) is 16.9. The van der Waals surface area contributed by atoms with Crippen molar-refractivity contribution in [3.63, 3.8) is 0 Å². The van der Waals surface area contributed by atoms with E-state index >= 15 is 0 Å². The number of H-pyrrole nitrogens is 1. The second kappa shape index (κ2) is 10.5. The lowest BCUT2D eigenvalue weighted by Crippen LogP contribution is -2.42. The number of aromatic amines is 1. The van der Waals surface area contributed by atoms with Gasteiger partial charge in [0.15, 0.2) is 12.3 Å². The van der Waals surface area contributed by atoms with Crippen LogP contribution in [-0.2, 0) is 18.9 Å². The standard InChI is InChI=1S/C24H21FN2O8/c1-32-19-18(35-23(30)15-10-6-3-7-11-15)17(13-33-22(29)14-8-4-2-5-9-14)34-21(19)27-12-16(25)20(28)26-24(27)31/h2-12,17-19,21H,13H2,1H3,(H,26,28,31)/t17-,18+,19-,21-/m1/s1. The minimum Gasteiger partial charge on any atom is -0.459 e. The Balaban J connectivity index is 1.62. The molecule has 2 heterocycles. The summed E-state index contributed by atoms with van der Waals surface area (Å²) in [5.41, 5.74) is -1.61. The lowest BCUT2D eigenvalue weighted by molar-refractivity contribution is -0.0661. The summed E-state index contributed by atoms with van der Waals surface area (Å²) in [6.45, 7) is -0.364. The van der Waals surface area contributed by atoms with Gasteiger partial charge in [0.25, 0.3) is 5.56 Å². The number of carbonyl (C=O) groups excluding carboxylic acids is 2. The van der Waals surface area contributed by atoms with Crippen LogP contribution in [0, 0.1) is 5.82 Å². The number of carbonyl (C=O) groups is 2. The van der Waals surface area contributed by atoms with Crippen LogP contribution in [0.1, 0.15) is 26.9 Å². The first-order valence-corrected chi connectivity index (χ1v) is 10.6. The normalized spacial score (nSPS) is 21.4. The molecule has 0 amide bonds. The molecule has 1 fully saturated rings. The van der Waals surface area contributed by atoms with Gasteiger partial charge in [0.1, 0.15) is 18.8 Å². The van der Waals surface area contributed by atoms with Crippen molar-refractivity contribution in [3.05, 3.63) is 105 Å². The number of esters is 2. The Bertz CT molecular complexity index is 1310. The van der Waals surface area contributed by atoms with Gasteiger partial charge in [0, 0.05) is 7.11 Å². The van der Waals surface area contributed by atoms with Crippen LogP contribution >= 0.6 is 0 Å². The van der Waals surface area contributed by atoms with E-state index in [4.69, 9.17) is 18.9 Å². The molecule has 1 aromatic heterocycles. The molecule has 10 nitrogen and oxygen atoms in total. The molecule has 0 spiro atoms. The Labute approximate surface area is 197 Å². The third-order valence-electron chi connectivity index (χ3n) is 5.40. The van der Waals surface area contributed by atoms with Gasteiger partial charge in [-0.3, -0.25) is 14.3 Å². The van der Waals surface area contributed by atoms with E-state index in [9.17, 15) is 23.6 Å². The van der Waals surface area contributed by atoms with E-state index in [0.29, 0.717) is 11.8 Å². The molecule has 1 aliphatic rings. The fourth-order valence-electron chi connectivity index (χ4n) is 3.69. The van der Waals surface area contributed by atoms with Crippen LogP contribution in [0.4, 0.5) is 4.39 Å². The van der Waals surface area contributed by atoms with Gasteiger partial charge in [-0.2, -0.15) is 4.39 Å². The summed E-state index contributed by atoms with van der Waals surface area (Å²) in [4.78, 5) is 50.9. The average Bonchev–Trinajstić information content (AvgIpc) is 3.22. The fraction of sp³-hybridized carbons (Fsp3) is 0.250. The van der Waals surface area contributed by atoms with Crippen LogP contribution in [-0.4, -0.2) is 53.5 Å². The number of nitrogens with one attached hydrogen (secondary N) is 1. The zero-order valence-electron chi connectivity index (χ0n) is 18.5. The van der Waals surface area contributed by atoms with Crippen molar-refractivity contribution in [2.45, 2.75) is 24.5 Å². The largest absolute Gasteiger partial charge is 0.459 e. The fourth-order valence-corrected chi connectivity index (χ4v) is 3.69. The van der Waals surface area contributed by atoms with Crippen molar-refractivity contribution in [3.8, 4) is 0 Å². The predicted octanol–water partition coefficient (Wildman–Crippen LogP) is 1.67. The maximum atomic E-state index is 14.0. The van der Waals surface area contributed by atoms with Gasteiger partial charge in [-0.25, -0.2) is 14.4 Å². The minimum absolute atomic E-state index is 0.248. The topological polar surface area (TPSA) is 126 Å². The molecule has 0 radical (unpaired) electrons. The summed E-state index contributed by atoms with van der Waals surface area (Å²) in [7, 11) is 1.29. The van der Waals surface area contributed by atoms with Crippen molar-refractivity contribution in [2.24, 2.45) is 0 Å². The van der Waals surface area contributed by atoms with Crippen LogP contribution < -0.4 is 11.2 Å². The Kier molecular flexibility index (Phi) is 7.18. The zero-order valence-corrected chi connectivity index (χ0v) is 18.5. The van der Waals surface area contributed by atoms with Crippen LogP contribution in [0.15, 0.2) is 76.4 Å². The van der Waals surface area contributed by atoms with E-state index in [1.807, 2.05) is 4.98 Å². The lowest BCUT2D eigenvalue weighted by Gasteiger charge is -2.23. The predicted molar refractivity (Wildman–Crippen MR) is 118 cm³/mol. The summed E-state index contributed by atoms with van der Waals surface area (Å²) in [6, 6.07) is 16.3. The highest BCUT2D eigenvalue weighted by atomic mass is 19.1. The third-order valence-corrected chi connectivity index (χ3v) is 5.40. The Morgan fingerprint density at radius 2 is 1.57 bits per heavy atom. The molecule has 1 aliphatic heterocycles. The molecule has 0 bridgehead atoms. The van der Waals surface area contributed by atoms with Crippen LogP contribution in [0.5, 0.6) is 0 Å². The maximum absolute atomic E-state index is 14.0. The molecule has 182 valence electrons. The number of halogens is 1. The molecule has 4 rings (SSSR count). The summed E-state index contributed by atoms with van der Waals surface area (Å²) in [5, 5.41) is 0. The summed E-state index contributed by atoms with van der Waals surface area (Å²) >= 11 is 0. The second-order valence-electron chi connectivity index (χ2n) is 7.61. The molecule has 0 aliphatic carbocycles. The van der Waals surface area contributed by atoms with Crippen molar-refractivity contribution in [1.29, 1.82) is 0 Å². The minimum atomic E-state index is -1.30. The second-order valence-corrected chi connectivity index (χ2v) is 7.61. The average molecular weight is 484 g/mol. The van der Waals surface area contributed by atoms with E-state index in [2.05, 4.69) is 0 Å². The van der Waals surface area contributed by atoms with Gasteiger partial charge < -0.3 is 18.9 Å². The number of nitrogens with zero attached hydrogens (tertiary/aromatic N) is 1. The Morgan fingerprint density at radius 3 is 2.17 bits per heavy atom. The van der Waals surface area contributed by atoms with Crippen molar-refractivity contribution >= 4 is 11.9 Å². The number of aromatic nitrogens is 2. The number of rotatable bonds is 7. The van der Waals surface area contributed by atoms with E-state index in [1.165, 1.54) is 7.11 Å². The number of hydrogen-bond acceptors (Lipinski definition) is 8. The lowest BCUT2D eigenvalue weighted by atomic mass is 10.1. The first kappa shape index (κ1) is 24.0. The number of methoxy groups -OCH3 is 1. The molecule has 3 aromatic rings. The molecule has 2 aromatic carbocycles. The van der Waals surface area contributed by atoms with Crippen LogP contribution in [0.3, 0.4) is 0 Å². The molecule has 1 N–H and O–H groups in total. The van der Waals surface area contributed by atoms with Gasteiger partial charge >= 0.3 is 17.6 Å². The maximum Gasteiger partial charge on any atom is 0.338 e. The third kappa shape index (κ3) is 5.20. The molecule has 0 unspecified atom stereocenters.